The summed E-state index contributed by atoms with van der Waals surface area (Å²) >= 11 is 4.23. The van der Waals surface area contributed by atoms with Crippen LogP contribution in [0.25, 0.3) is 0 Å². The van der Waals surface area contributed by atoms with Crippen LogP contribution in [0.5, 0.6) is 0 Å². The maximum atomic E-state index is 4.23. The minimum Gasteiger partial charge on any atom is -0.340 e. The standard InChI is InChI=1S/C6H10N2S/c1-5(9)6-3-8(2)4-7-6/h3-5,9H,1-2H3. The average Bonchev–Trinajstić information content (AvgIpc) is 2.14. The summed E-state index contributed by atoms with van der Waals surface area (Å²) < 4.78 is 1.92. The molecule has 1 heterocycles. The number of hydrogen-bond acceptors (Lipinski definition) is 2. The Labute approximate surface area is 60.3 Å². The predicted octanol–water partition coefficient (Wildman–Crippen LogP) is 1.41. The van der Waals surface area contributed by atoms with Gasteiger partial charge in [-0.15, -0.1) is 0 Å². The van der Waals surface area contributed by atoms with Crippen molar-refractivity contribution in [2.45, 2.75) is 12.2 Å². The number of hydrogen-bond donors (Lipinski definition) is 1. The zero-order valence-corrected chi connectivity index (χ0v) is 6.47. The number of imidazole rings is 1. The first-order chi connectivity index (χ1) is 4.20. The van der Waals surface area contributed by atoms with Gasteiger partial charge >= 0.3 is 0 Å². The summed E-state index contributed by atoms with van der Waals surface area (Å²) in [5.41, 5.74) is 1.03. The quantitative estimate of drug-likeness (QED) is 0.587. The number of thiol groups is 1. The first kappa shape index (κ1) is 6.68. The molecule has 0 N–H and O–H groups in total. The molecule has 0 aromatic carbocycles. The fourth-order valence-corrected chi connectivity index (χ4v) is 0.782. The first-order valence-electron chi connectivity index (χ1n) is 2.86. The van der Waals surface area contributed by atoms with E-state index in [0.29, 0.717) is 0 Å². The molecule has 0 amide bonds. The maximum absolute atomic E-state index is 4.23. The van der Waals surface area contributed by atoms with E-state index in [1.54, 1.807) is 6.33 Å². The third-order valence-electron chi connectivity index (χ3n) is 1.15. The molecule has 50 valence electrons. The van der Waals surface area contributed by atoms with Crippen LogP contribution in [0.1, 0.15) is 17.9 Å². The fraction of sp³-hybridized carbons (Fsp3) is 0.500. The van der Waals surface area contributed by atoms with E-state index in [0.717, 1.165) is 5.69 Å². The van der Waals surface area contributed by atoms with Crippen LogP contribution < -0.4 is 0 Å². The van der Waals surface area contributed by atoms with Crippen molar-refractivity contribution in [2.24, 2.45) is 7.05 Å². The van der Waals surface area contributed by atoms with Crippen molar-refractivity contribution in [1.82, 2.24) is 9.55 Å². The normalized spacial score (nSPS) is 13.7. The summed E-state index contributed by atoms with van der Waals surface area (Å²) in [5, 5.41) is 0.242. The van der Waals surface area contributed by atoms with Gasteiger partial charge in [-0.05, 0) is 6.92 Å². The molecule has 9 heavy (non-hydrogen) atoms. The average molecular weight is 142 g/mol. The Balaban J connectivity index is 2.85. The van der Waals surface area contributed by atoms with Crippen molar-refractivity contribution in [2.75, 3.05) is 0 Å². The van der Waals surface area contributed by atoms with Gasteiger partial charge in [0.2, 0.25) is 0 Å². The van der Waals surface area contributed by atoms with Gasteiger partial charge < -0.3 is 4.57 Å². The summed E-state index contributed by atoms with van der Waals surface area (Å²) in [6.45, 7) is 2.01. The molecule has 0 aliphatic heterocycles. The second kappa shape index (κ2) is 2.43. The number of aromatic nitrogens is 2. The topological polar surface area (TPSA) is 17.8 Å². The molecule has 0 saturated heterocycles. The Morgan fingerprint density at radius 1 is 1.78 bits per heavy atom. The monoisotopic (exact) mass is 142 g/mol. The minimum atomic E-state index is 0.242. The Bertz CT molecular complexity index is 193. The van der Waals surface area contributed by atoms with E-state index < -0.39 is 0 Å². The van der Waals surface area contributed by atoms with E-state index in [1.807, 2.05) is 24.7 Å². The molecule has 0 bridgehead atoms. The molecular weight excluding hydrogens is 132 g/mol. The van der Waals surface area contributed by atoms with Crippen molar-refractivity contribution in [3.8, 4) is 0 Å². The van der Waals surface area contributed by atoms with E-state index in [4.69, 9.17) is 0 Å². The van der Waals surface area contributed by atoms with Gasteiger partial charge in [-0.2, -0.15) is 12.6 Å². The summed E-state index contributed by atoms with van der Waals surface area (Å²) in [4.78, 5) is 4.10. The Morgan fingerprint density at radius 2 is 2.44 bits per heavy atom. The Morgan fingerprint density at radius 3 is 2.67 bits per heavy atom. The van der Waals surface area contributed by atoms with Gasteiger partial charge in [-0.1, -0.05) is 0 Å². The van der Waals surface area contributed by atoms with Gasteiger partial charge in [-0.25, -0.2) is 4.98 Å². The van der Waals surface area contributed by atoms with Gasteiger partial charge in [0.1, 0.15) is 0 Å². The molecule has 0 spiro atoms. The van der Waals surface area contributed by atoms with E-state index >= 15 is 0 Å². The zero-order chi connectivity index (χ0) is 6.85. The molecule has 1 aromatic rings. The molecule has 3 heteroatoms. The van der Waals surface area contributed by atoms with Gasteiger partial charge in [0.25, 0.3) is 0 Å². The minimum absolute atomic E-state index is 0.242. The summed E-state index contributed by atoms with van der Waals surface area (Å²) in [6, 6.07) is 0. The molecule has 1 unspecified atom stereocenters. The highest BCUT2D eigenvalue weighted by Crippen LogP contribution is 2.14. The van der Waals surface area contributed by atoms with Gasteiger partial charge in [0.15, 0.2) is 0 Å². The van der Waals surface area contributed by atoms with E-state index in [9.17, 15) is 0 Å². The van der Waals surface area contributed by atoms with Crippen LogP contribution in [0.15, 0.2) is 12.5 Å². The summed E-state index contributed by atoms with van der Waals surface area (Å²) in [5.74, 6) is 0. The Kier molecular flexibility index (Phi) is 1.81. The van der Waals surface area contributed by atoms with E-state index in [2.05, 4.69) is 17.6 Å². The molecule has 1 rings (SSSR count). The lowest BCUT2D eigenvalue weighted by atomic mass is 10.4. The summed E-state index contributed by atoms with van der Waals surface area (Å²) in [7, 11) is 1.95. The van der Waals surface area contributed by atoms with Crippen molar-refractivity contribution >= 4 is 12.6 Å². The summed E-state index contributed by atoms with van der Waals surface area (Å²) in [6.07, 6.45) is 3.75. The highest BCUT2D eigenvalue weighted by molar-refractivity contribution is 7.80. The van der Waals surface area contributed by atoms with E-state index in [1.165, 1.54) is 0 Å². The molecule has 0 fully saturated rings. The van der Waals surface area contributed by atoms with Crippen LogP contribution in [0.2, 0.25) is 0 Å². The predicted molar refractivity (Wildman–Crippen MR) is 40.6 cm³/mol. The molecule has 1 atom stereocenters. The molecular formula is C6H10N2S. The van der Waals surface area contributed by atoms with Crippen LogP contribution in [-0.2, 0) is 7.05 Å². The van der Waals surface area contributed by atoms with Crippen LogP contribution >= 0.6 is 12.6 Å². The number of nitrogens with zero attached hydrogens (tertiary/aromatic N) is 2. The molecule has 2 nitrogen and oxygen atoms in total. The lowest BCUT2D eigenvalue weighted by Crippen LogP contribution is -1.82. The van der Waals surface area contributed by atoms with Gasteiger partial charge in [0.05, 0.1) is 12.0 Å². The van der Waals surface area contributed by atoms with Crippen LogP contribution in [0, 0.1) is 0 Å². The maximum Gasteiger partial charge on any atom is 0.0947 e. The molecule has 0 saturated carbocycles. The fourth-order valence-electron chi connectivity index (χ4n) is 0.649. The van der Waals surface area contributed by atoms with Crippen molar-refractivity contribution < 1.29 is 0 Å². The van der Waals surface area contributed by atoms with Crippen molar-refractivity contribution in [3.63, 3.8) is 0 Å². The Hall–Kier alpha value is -0.440. The molecule has 0 aliphatic carbocycles. The largest absolute Gasteiger partial charge is 0.340 e. The van der Waals surface area contributed by atoms with Crippen LogP contribution in [0.3, 0.4) is 0 Å². The smallest absolute Gasteiger partial charge is 0.0947 e. The first-order valence-corrected chi connectivity index (χ1v) is 3.37. The third kappa shape index (κ3) is 1.48. The highest BCUT2D eigenvalue weighted by Gasteiger charge is 2.00. The SMILES string of the molecule is CC(S)c1cn(C)cn1. The lowest BCUT2D eigenvalue weighted by molar-refractivity contribution is 0.911. The second-order valence-corrected chi connectivity index (χ2v) is 2.91. The number of rotatable bonds is 1. The van der Waals surface area contributed by atoms with Crippen molar-refractivity contribution in [1.29, 1.82) is 0 Å². The molecule has 0 aliphatic rings. The van der Waals surface area contributed by atoms with Crippen LogP contribution in [-0.4, -0.2) is 9.55 Å². The second-order valence-electron chi connectivity index (χ2n) is 2.14. The van der Waals surface area contributed by atoms with E-state index in [-0.39, 0.29) is 5.25 Å². The van der Waals surface area contributed by atoms with Gasteiger partial charge in [0, 0.05) is 18.5 Å². The number of aryl methyl sites for hydroxylation is 1. The lowest BCUT2D eigenvalue weighted by Gasteiger charge is -1.94. The highest BCUT2D eigenvalue weighted by atomic mass is 32.1. The van der Waals surface area contributed by atoms with Gasteiger partial charge in [-0.3, -0.25) is 0 Å². The van der Waals surface area contributed by atoms with Crippen LogP contribution in [0.4, 0.5) is 0 Å². The molecule has 0 radical (unpaired) electrons. The third-order valence-corrected chi connectivity index (χ3v) is 1.42. The zero-order valence-electron chi connectivity index (χ0n) is 5.57. The molecule has 1 aromatic heterocycles. The van der Waals surface area contributed by atoms with Crippen molar-refractivity contribution in [3.05, 3.63) is 18.2 Å².